The maximum atomic E-state index is 11.9. The number of nitrogens with zero attached hydrogens (tertiary/aromatic N) is 1. The summed E-state index contributed by atoms with van der Waals surface area (Å²) in [4.78, 5) is 19.3. The van der Waals surface area contributed by atoms with Crippen LogP contribution >= 0.6 is 15.9 Å². The smallest absolute Gasteiger partial charge is 0.254 e. The third kappa shape index (κ3) is 2.38. The third-order valence-corrected chi connectivity index (χ3v) is 3.52. The van der Waals surface area contributed by atoms with Crippen LogP contribution < -0.4 is 5.56 Å². The number of aryl methyl sites for hydroxylation is 2. The molecule has 0 saturated carbocycles. The maximum Gasteiger partial charge on any atom is 0.254 e. The Bertz CT molecular complexity index is 647. The molecule has 0 radical (unpaired) electrons. The van der Waals surface area contributed by atoms with Crippen LogP contribution in [-0.2, 0) is 6.42 Å². The highest BCUT2D eigenvalue weighted by Crippen LogP contribution is 2.23. The summed E-state index contributed by atoms with van der Waals surface area (Å²) in [7, 11) is 0. The van der Waals surface area contributed by atoms with Crippen molar-refractivity contribution in [2.75, 3.05) is 0 Å². The average Bonchev–Trinajstić information content (AvgIpc) is 2.32. The van der Waals surface area contributed by atoms with E-state index in [0.717, 1.165) is 27.7 Å². The number of hydrogen-bond donors (Lipinski definition) is 1. The summed E-state index contributed by atoms with van der Waals surface area (Å²) in [5, 5.41) is 0. The summed E-state index contributed by atoms with van der Waals surface area (Å²) in [6, 6.07) is 5.93. The van der Waals surface area contributed by atoms with Crippen molar-refractivity contribution in [3.63, 3.8) is 0 Å². The molecule has 1 aromatic heterocycles. The summed E-state index contributed by atoms with van der Waals surface area (Å²) < 4.78 is 1.02. The van der Waals surface area contributed by atoms with E-state index in [-0.39, 0.29) is 5.56 Å². The van der Waals surface area contributed by atoms with Gasteiger partial charge in [0.1, 0.15) is 5.82 Å². The number of nitrogens with one attached hydrogen (secondary N) is 1. The first kappa shape index (κ1) is 13.0. The molecule has 0 aliphatic carbocycles. The first-order valence-corrected chi connectivity index (χ1v) is 6.68. The Kier molecular flexibility index (Phi) is 3.66. The highest BCUT2D eigenvalue weighted by atomic mass is 79.9. The van der Waals surface area contributed by atoms with Crippen LogP contribution in [0.15, 0.2) is 27.5 Å². The summed E-state index contributed by atoms with van der Waals surface area (Å²) in [5.74, 6) is 0.646. The van der Waals surface area contributed by atoms with E-state index in [0.29, 0.717) is 11.4 Å². The van der Waals surface area contributed by atoms with E-state index in [4.69, 9.17) is 0 Å². The summed E-state index contributed by atoms with van der Waals surface area (Å²) >= 11 is 3.43. The standard InChI is InChI=1S/C14H15BrN2O/c1-4-12-9(3)14(18)17-13(16-12)11-6-5-10(15)7-8(11)2/h5-7H,4H2,1-3H3,(H,16,17,18). The molecule has 0 atom stereocenters. The lowest BCUT2D eigenvalue weighted by Gasteiger charge is -2.08. The van der Waals surface area contributed by atoms with Crippen molar-refractivity contribution in [2.45, 2.75) is 27.2 Å². The summed E-state index contributed by atoms with van der Waals surface area (Å²) in [5.41, 5.74) is 3.55. The van der Waals surface area contributed by atoms with Gasteiger partial charge in [0, 0.05) is 15.6 Å². The van der Waals surface area contributed by atoms with Crippen molar-refractivity contribution < 1.29 is 0 Å². The van der Waals surface area contributed by atoms with Gasteiger partial charge in [-0.25, -0.2) is 4.98 Å². The average molecular weight is 307 g/mol. The molecule has 0 amide bonds. The Morgan fingerprint density at radius 3 is 2.67 bits per heavy atom. The Labute approximate surface area is 114 Å². The molecule has 18 heavy (non-hydrogen) atoms. The lowest BCUT2D eigenvalue weighted by Crippen LogP contribution is -2.16. The van der Waals surface area contributed by atoms with Crippen molar-refractivity contribution in [1.82, 2.24) is 9.97 Å². The zero-order valence-corrected chi connectivity index (χ0v) is 12.3. The van der Waals surface area contributed by atoms with Crippen molar-refractivity contribution in [3.8, 4) is 11.4 Å². The fourth-order valence-electron chi connectivity index (χ4n) is 1.94. The summed E-state index contributed by atoms with van der Waals surface area (Å²) in [6.45, 7) is 5.82. The predicted molar refractivity (Wildman–Crippen MR) is 76.8 cm³/mol. The van der Waals surface area contributed by atoms with E-state index >= 15 is 0 Å². The fourth-order valence-corrected chi connectivity index (χ4v) is 2.42. The maximum absolute atomic E-state index is 11.9. The SMILES string of the molecule is CCc1nc(-c2ccc(Br)cc2C)[nH]c(=O)c1C. The van der Waals surface area contributed by atoms with Gasteiger partial charge in [-0.2, -0.15) is 0 Å². The van der Waals surface area contributed by atoms with Crippen molar-refractivity contribution >= 4 is 15.9 Å². The Morgan fingerprint density at radius 2 is 2.06 bits per heavy atom. The van der Waals surface area contributed by atoms with Gasteiger partial charge in [0.15, 0.2) is 0 Å². The predicted octanol–water partition coefficient (Wildman–Crippen LogP) is 3.38. The van der Waals surface area contributed by atoms with Crippen molar-refractivity contribution in [1.29, 1.82) is 0 Å². The molecule has 3 nitrogen and oxygen atoms in total. The van der Waals surface area contributed by atoms with Crippen LogP contribution in [0.2, 0.25) is 0 Å². The molecule has 4 heteroatoms. The molecule has 0 aliphatic heterocycles. The zero-order chi connectivity index (χ0) is 13.3. The molecule has 2 aromatic rings. The van der Waals surface area contributed by atoms with E-state index < -0.39 is 0 Å². The monoisotopic (exact) mass is 306 g/mol. The fraction of sp³-hybridized carbons (Fsp3) is 0.286. The first-order valence-electron chi connectivity index (χ1n) is 5.89. The number of H-pyrrole nitrogens is 1. The normalized spacial score (nSPS) is 10.7. The molecular formula is C14H15BrN2O. The second-order valence-electron chi connectivity index (χ2n) is 4.30. The number of aromatic amines is 1. The molecular weight excluding hydrogens is 292 g/mol. The third-order valence-electron chi connectivity index (χ3n) is 3.03. The van der Waals surface area contributed by atoms with Gasteiger partial charge >= 0.3 is 0 Å². The molecule has 0 bridgehead atoms. The Balaban J connectivity index is 2.64. The Hall–Kier alpha value is -1.42. The second kappa shape index (κ2) is 5.06. The van der Waals surface area contributed by atoms with Crippen LogP contribution in [0.4, 0.5) is 0 Å². The van der Waals surface area contributed by atoms with E-state index in [1.807, 2.05) is 39.0 Å². The summed E-state index contributed by atoms with van der Waals surface area (Å²) in [6.07, 6.45) is 0.762. The molecule has 94 valence electrons. The molecule has 0 spiro atoms. The minimum absolute atomic E-state index is 0.0563. The minimum Gasteiger partial charge on any atom is -0.306 e. The van der Waals surface area contributed by atoms with Gasteiger partial charge in [-0.15, -0.1) is 0 Å². The van der Waals surface area contributed by atoms with Gasteiger partial charge < -0.3 is 4.98 Å². The van der Waals surface area contributed by atoms with Gasteiger partial charge in [-0.1, -0.05) is 22.9 Å². The zero-order valence-electron chi connectivity index (χ0n) is 10.7. The molecule has 1 aromatic carbocycles. The molecule has 1 heterocycles. The first-order chi connectivity index (χ1) is 8.52. The van der Waals surface area contributed by atoms with Gasteiger partial charge in [0.25, 0.3) is 5.56 Å². The van der Waals surface area contributed by atoms with Crippen LogP contribution in [0.25, 0.3) is 11.4 Å². The number of rotatable bonds is 2. The lowest BCUT2D eigenvalue weighted by molar-refractivity contribution is 0.953. The van der Waals surface area contributed by atoms with Crippen molar-refractivity contribution in [3.05, 3.63) is 49.8 Å². The minimum atomic E-state index is -0.0563. The molecule has 1 N–H and O–H groups in total. The van der Waals surface area contributed by atoms with Crippen molar-refractivity contribution in [2.24, 2.45) is 0 Å². The lowest BCUT2D eigenvalue weighted by atomic mass is 10.1. The number of aromatic nitrogens is 2. The van der Waals surface area contributed by atoms with E-state index in [2.05, 4.69) is 25.9 Å². The Morgan fingerprint density at radius 1 is 1.33 bits per heavy atom. The number of hydrogen-bond acceptors (Lipinski definition) is 2. The molecule has 0 fully saturated rings. The second-order valence-corrected chi connectivity index (χ2v) is 5.21. The van der Waals surface area contributed by atoms with E-state index in [9.17, 15) is 4.79 Å². The van der Waals surface area contributed by atoms with Crippen LogP contribution in [0.1, 0.15) is 23.7 Å². The molecule has 0 saturated heterocycles. The van der Waals surface area contributed by atoms with Gasteiger partial charge in [-0.05, 0) is 44.0 Å². The highest BCUT2D eigenvalue weighted by Gasteiger charge is 2.09. The van der Waals surface area contributed by atoms with Crippen LogP contribution in [-0.4, -0.2) is 9.97 Å². The quantitative estimate of drug-likeness (QED) is 0.924. The molecule has 0 unspecified atom stereocenters. The molecule has 0 aliphatic rings. The van der Waals surface area contributed by atoms with Crippen LogP contribution in [0.3, 0.4) is 0 Å². The largest absolute Gasteiger partial charge is 0.306 e. The van der Waals surface area contributed by atoms with Crippen LogP contribution in [0, 0.1) is 13.8 Å². The topological polar surface area (TPSA) is 45.8 Å². The highest BCUT2D eigenvalue weighted by molar-refractivity contribution is 9.10. The van der Waals surface area contributed by atoms with E-state index in [1.54, 1.807) is 0 Å². The molecule has 2 rings (SSSR count). The van der Waals surface area contributed by atoms with E-state index in [1.165, 1.54) is 0 Å². The van der Waals surface area contributed by atoms with Gasteiger partial charge in [0.05, 0.1) is 5.69 Å². The number of benzene rings is 1. The number of halogens is 1. The van der Waals surface area contributed by atoms with Gasteiger partial charge in [0.2, 0.25) is 0 Å². The van der Waals surface area contributed by atoms with Crippen LogP contribution in [0.5, 0.6) is 0 Å². The van der Waals surface area contributed by atoms with Gasteiger partial charge in [-0.3, -0.25) is 4.79 Å².